The summed E-state index contributed by atoms with van der Waals surface area (Å²) >= 11 is 0. The van der Waals surface area contributed by atoms with Crippen LogP contribution in [0.5, 0.6) is 0 Å². The van der Waals surface area contributed by atoms with Crippen molar-refractivity contribution in [3.05, 3.63) is 29.6 Å². The molecule has 2 N–H and O–H groups in total. The Hall–Kier alpha value is -2.11. The fraction of sp³-hybridized carbons (Fsp3) is 0.533. The molecule has 116 valence electrons. The molecule has 1 heterocycles. The Balaban J connectivity index is 2.83. The van der Waals surface area contributed by atoms with E-state index in [9.17, 15) is 9.59 Å². The van der Waals surface area contributed by atoms with Gasteiger partial charge in [0.1, 0.15) is 6.04 Å². The summed E-state index contributed by atoms with van der Waals surface area (Å²) < 4.78 is 1.77. The number of amides is 1. The van der Waals surface area contributed by atoms with Crippen LogP contribution in [0.15, 0.2) is 18.3 Å². The maximum Gasteiger partial charge on any atom is 0.326 e. The van der Waals surface area contributed by atoms with Crippen molar-refractivity contribution in [2.45, 2.75) is 46.7 Å². The third-order valence-electron chi connectivity index (χ3n) is 3.10. The summed E-state index contributed by atoms with van der Waals surface area (Å²) in [7, 11) is 0. The summed E-state index contributed by atoms with van der Waals surface area (Å²) in [6, 6.07) is -0.929. The van der Waals surface area contributed by atoms with E-state index in [2.05, 4.69) is 24.3 Å². The number of carboxylic acid groups (broad SMARTS) is 1. The average molecular weight is 293 g/mol. The largest absolute Gasteiger partial charge is 0.480 e. The lowest BCUT2D eigenvalue weighted by Gasteiger charge is -2.13. The van der Waals surface area contributed by atoms with Crippen molar-refractivity contribution < 1.29 is 14.7 Å². The third kappa shape index (κ3) is 4.73. The first-order valence-electron chi connectivity index (χ1n) is 7.04. The van der Waals surface area contributed by atoms with Gasteiger partial charge in [-0.15, -0.1) is 0 Å². The standard InChI is InChI=1S/C15H23N3O3/c1-5-6-7-13(15(20)21)17-14(19)12-8-16-18(11(12)4)9-10(2)3/h5-6,8,10,13H,7,9H2,1-4H3,(H,17,19)(H,20,21)/b6-5+. The van der Waals surface area contributed by atoms with Gasteiger partial charge in [-0.25, -0.2) is 4.79 Å². The number of carboxylic acids is 1. The Kier molecular flexibility index (Phi) is 6.14. The lowest BCUT2D eigenvalue weighted by Crippen LogP contribution is -2.40. The van der Waals surface area contributed by atoms with E-state index >= 15 is 0 Å². The number of nitrogens with one attached hydrogen (secondary N) is 1. The highest BCUT2D eigenvalue weighted by atomic mass is 16.4. The SMILES string of the molecule is C/C=C/CC(NC(=O)c1cnn(CC(C)C)c1C)C(=O)O. The fourth-order valence-electron chi connectivity index (χ4n) is 1.93. The lowest BCUT2D eigenvalue weighted by molar-refractivity contribution is -0.139. The van der Waals surface area contributed by atoms with E-state index < -0.39 is 17.9 Å². The van der Waals surface area contributed by atoms with E-state index in [1.54, 1.807) is 23.8 Å². The number of nitrogens with zero attached hydrogens (tertiary/aromatic N) is 2. The van der Waals surface area contributed by atoms with Crippen molar-refractivity contribution in [3.8, 4) is 0 Å². The third-order valence-corrected chi connectivity index (χ3v) is 3.10. The molecule has 1 aromatic rings. The topological polar surface area (TPSA) is 84.2 Å². The Labute approximate surface area is 124 Å². The molecule has 0 fully saturated rings. The molecule has 6 nitrogen and oxygen atoms in total. The Bertz CT molecular complexity index is 532. The highest BCUT2D eigenvalue weighted by molar-refractivity contribution is 5.97. The molecule has 1 amide bonds. The number of allylic oxidation sites excluding steroid dienone is 1. The molecule has 0 saturated carbocycles. The monoisotopic (exact) mass is 293 g/mol. The molecular weight excluding hydrogens is 270 g/mol. The maximum atomic E-state index is 12.2. The van der Waals surface area contributed by atoms with Crippen molar-refractivity contribution in [1.29, 1.82) is 0 Å². The molecule has 1 rings (SSSR count). The van der Waals surface area contributed by atoms with E-state index in [1.165, 1.54) is 6.20 Å². The van der Waals surface area contributed by atoms with Crippen molar-refractivity contribution in [3.63, 3.8) is 0 Å². The fourth-order valence-corrected chi connectivity index (χ4v) is 1.93. The average Bonchev–Trinajstić information content (AvgIpc) is 2.75. The minimum Gasteiger partial charge on any atom is -0.480 e. The van der Waals surface area contributed by atoms with Crippen molar-refractivity contribution in [1.82, 2.24) is 15.1 Å². The molecule has 0 aliphatic carbocycles. The number of carbonyl (C=O) groups excluding carboxylic acids is 1. The summed E-state index contributed by atoms with van der Waals surface area (Å²) in [6.07, 6.45) is 5.22. The highest BCUT2D eigenvalue weighted by Crippen LogP contribution is 2.10. The van der Waals surface area contributed by atoms with Gasteiger partial charge in [0, 0.05) is 12.2 Å². The van der Waals surface area contributed by atoms with Crippen molar-refractivity contribution >= 4 is 11.9 Å². The smallest absolute Gasteiger partial charge is 0.326 e. The second-order valence-electron chi connectivity index (χ2n) is 5.39. The molecule has 0 aliphatic heterocycles. The quantitative estimate of drug-likeness (QED) is 0.753. The van der Waals surface area contributed by atoms with Crippen LogP contribution in [0, 0.1) is 12.8 Å². The van der Waals surface area contributed by atoms with Crippen LogP contribution in [0.3, 0.4) is 0 Å². The predicted molar refractivity (Wildman–Crippen MR) is 80.1 cm³/mol. The van der Waals surface area contributed by atoms with Crippen molar-refractivity contribution in [2.24, 2.45) is 5.92 Å². The second-order valence-corrected chi connectivity index (χ2v) is 5.39. The van der Waals surface area contributed by atoms with E-state index in [1.807, 2.05) is 6.92 Å². The number of aliphatic carboxylic acids is 1. The second kappa shape index (κ2) is 7.61. The van der Waals surface area contributed by atoms with Crippen molar-refractivity contribution in [2.75, 3.05) is 0 Å². The van der Waals surface area contributed by atoms with Gasteiger partial charge < -0.3 is 10.4 Å². The van der Waals surface area contributed by atoms with Gasteiger partial charge >= 0.3 is 5.97 Å². The first-order valence-corrected chi connectivity index (χ1v) is 7.04. The molecule has 0 saturated heterocycles. The van der Waals surface area contributed by atoms with Gasteiger partial charge in [-0.3, -0.25) is 9.48 Å². The van der Waals surface area contributed by atoms with Crippen LogP contribution in [-0.4, -0.2) is 32.8 Å². The number of rotatable bonds is 7. The number of aromatic nitrogens is 2. The van der Waals surface area contributed by atoms with E-state index in [4.69, 9.17) is 5.11 Å². The van der Waals surface area contributed by atoms with E-state index in [0.29, 0.717) is 11.5 Å². The maximum absolute atomic E-state index is 12.2. The molecule has 1 aromatic heterocycles. The number of hydrogen-bond donors (Lipinski definition) is 2. The molecule has 6 heteroatoms. The minimum atomic E-state index is -1.05. The van der Waals surface area contributed by atoms with Gasteiger partial charge in [-0.2, -0.15) is 5.10 Å². The molecule has 0 aliphatic rings. The van der Waals surface area contributed by atoms with E-state index in [-0.39, 0.29) is 6.42 Å². The van der Waals surface area contributed by atoms with Gasteiger partial charge in [0.2, 0.25) is 0 Å². The lowest BCUT2D eigenvalue weighted by atomic mass is 10.1. The summed E-state index contributed by atoms with van der Waals surface area (Å²) in [5.41, 5.74) is 1.17. The first kappa shape index (κ1) is 16.9. The van der Waals surface area contributed by atoms with Gasteiger partial charge in [-0.1, -0.05) is 26.0 Å². The molecule has 0 radical (unpaired) electrons. The zero-order valence-electron chi connectivity index (χ0n) is 13.0. The zero-order chi connectivity index (χ0) is 16.0. The summed E-state index contributed by atoms with van der Waals surface area (Å²) in [5, 5.41) is 15.8. The molecule has 0 spiro atoms. The Morgan fingerprint density at radius 3 is 2.67 bits per heavy atom. The van der Waals surface area contributed by atoms with Gasteiger partial charge in [0.25, 0.3) is 5.91 Å². The van der Waals surface area contributed by atoms with Gasteiger partial charge in [0.05, 0.1) is 11.8 Å². The predicted octanol–water partition coefficient (Wildman–Crippen LogP) is 2.00. The van der Waals surface area contributed by atoms with Gasteiger partial charge in [-0.05, 0) is 26.2 Å². The normalized spacial score (nSPS) is 12.8. The Morgan fingerprint density at radius 2 is 2.14 bits per heavy atom. The Morgan fingerprint density at radius 1 is 1.48 bits per heavy atom. The van der Waals surface area contributed by atoms with Crippen LogP contribution in [0.4, 0.5) is 0 Å². The summed E-state index contributed by atoms with van der Waals surface area (Å²) in [4.78, 5) is 23.3. The summed E-state index contributed by atoms with van der Waals surface area (Å²) in [5.74, 6) is -1.03. The van der Waals surface area contributed by atoms with Crippen LogP contribution < -0.4 is 5.32 Å². The molecule has 1 atom stereocenters. The molecule has 0 aromatic carbocycles. The van der Waals surface area contributed by atoms with Crippen LogP contribution in [-0.2, 0) is 11.3 Å². The van der Waals surface area contributed by atoms with Crippen LogP contribution in [0.1, 0.15) is 43.2 Å². The number of carbonyl (C=O) groups is 2. The van der Waals surface area contributed by atoms with Crippen LogP contribution in [0.25, 0.3) is 0 Å². The molecule has 21 heavy (non-hydrogen) atoms. The molecule has 0 bridgehead atoms. The number of hydrogen-bond acceptors (Lipinski definition) is 3. The zero-order valence-corrected chi connectivity index (χ0v) is 13.0. The molecule has 1 unspecified atom stereocenters. The minimum absolute atomic E-state index is 0.261. The van der Waals surface area contributed by atoms with Crippen LogP contribution >= 0.6 is 0 Å². The first-order chi connectivity index (χ1) is 9.86. The van der Waals surface area contributed by atoms with E-state index in [0.717, 1.165) is 12.2 Å². The molecular formula is C15H23N3O3. The van der Waals surface area contributed by atoms with Gasteiger partial charge in [0.15, 0.2) is 0 Å². The highest BCUT2D eigenvalue weighted by Gasteiger charge is 2.22. The van der Waals surface area contributed by atoms with Crippen LogP contribution in [0.2, 0.25) is 0 Å². The summed E-state index contributed by atoms with van der Waals surface area (Å²) in [6.45, 7) is 8.48.